The molecule has 4 nitrogen and oxygen atoms in total. The first-order valence-corrected chi connectivity index (χ1v) is 6.75. The third-order valence-electron chi connectivity index (χ3n) is 2.13. The Balaban J connectivity index is 2.43. The molecule has 5 heteroatoms. The number of aryl methyl sites for hydroxylation is 2. The van der Waals surface area contributed by atoms with E-state index in [2.05, 4.69) is 11.4 Å². The molecular formula is C11H17NO3S. The van der Waals surface area contributed by atoms with E-state index in [0.717, 1.165) is 16.8 Å². The number of nitrogens with one attached hydrogen (secondary N) is 1. The predicted molar refractivity (Wildman–Crippen MR) is 65.4 cm³/mol. The second kappa shape index (κ2) is 5.32. The van der Waals surface area contributed by atoms with Crippen LogP contribution in [-0.2, 0) is 10.1 Å². The fraction of sp³-hybridized carbons (Fsp3) is 0.455. The van der Waals surface area contributed by atoms with Crippen LogP contribution in [0, 0.1) is 13.8 Å². The van der Waals surface area contributed by atoms with Crippen LogP contribution in [0.1, 0.15) is 17.5 Å². The summed E-state index contributed by atoms with van der Waals surface area (Å²) in [4.78, 5) is 0. The van der Waals surface area contributed by atoms with Crippen molar-refractivity contribution in [3.05, 3.63) is 29.3 Å². The Kier molecular flexibility index (Phi) is 4.32. The molecule has 0 saturated heterocycles. The topological polar surface area (TPSA) is 66.4 Å². The summed E-state index contributed by atoms with van der Waals surface area (Å²) < 4.78 is 29.5. The molecular weight excluding hydrogens is 226 g/mol. The summed E-state index contributed by atoms with van der Waals surface area (Å²) in [6.45, 7) is 4.55. The van der Waals surface area contributed by atoms with Gasteiger partial charge in [0.05, 0.1) is 5.75 Å². The third-order valence-corrected chi connectivity index (χ3v) is 2.93. The zero-order valence-corrected chi connectivity index (χ0v) is 10.3. The van der Waals surface area contributed by atoms with E-state index in [9.17, 15) is 8.42 Å². The molecule has 0 bridgehead atoms. The number of hydrogen-bond acceptors (Lipinski definition) is 3. The molecule has 90 valence electrons. The smallest absolute Gasteiger partial charge is 0.264 e. The predicted octanol–water partition coefficient (Wildman–Crippen LogP) is 1.99. The van der Waals surface area contributed by atoms with E-state index in [0.29, 0.717) is 13.0 Å². The first-order chi connectivity index (χ1) is 7.37. The van der Waals surface area contributed by atoms with Gasteiger partial charge in [0.25, 0.3) is 10.1 Å². The van der Waals surface area contributed by atoms with E-state index in [4.69, 9.17) is 4.55 Å². The molecule has 0 heterocycles. The molecule has 1 aromatic rings. The van der Waals surface area contributed by atoms with E-state index >= 15 is 0 Å². The van der Waals surface area contributed by atoms with Crippen molar-refractivity contribution in [3.8, 4) is 0 Å². The Morgan fingerprint density at radius 1 is 1.19 bits per heavy atom. The lowest BCUT2D eigenvalue weighted by Crippen LogP contribution is -2.10. The maximum absolute atomic E-state index is 10.5. The molecule has 2 N–H and O–H groups in total. The maximum Gasteiger partial charge on any atom is 0.264 e. The molecule has 0 aliphatic carbocycles. The molecule has 16 heavy (non-hydrogen) atoms. The quantitative estimate of drug-likeness (QED) is 0.613. The molecule has 0 aromatic heterocycles. The van der Waals surface area contributed by atoms with Crippen LogP contribution in [0.2, 0.25) is 0 Å². The lowest BCUT2D eigenvalue weighted by atomic mass is 10.1. The Labute approximate surface area is 96.4 Å². The minimum Gasteiger partial charge on any atom is -0.385 e. The van der Waals surface area contributed by atoms with Gasteiger partial charge >= 0.3 is 0 Å². The second-order valence-corrected chi connectivity index (χ2v) is 5.51. The highest BCUT2D eigenvalue weighted by molar-refractivity contribution is 7.85. The van der Waals surface area contributed by atoms with E-state index in [1.165, 1.54) is 0 Å². The van der Waals surface area contributed by atoms with Gasteiger partial charge in [0.1, 0.15) is 0 Å². The molecule has 0 saturated carbocycles. The highest BCUT2D eigenvalue weighted by Gasteiger charge is 2.03. The summed E-state index contributed by atoms with van der Waals surface area (Å²) >= 11 is 0. The lowest BCUT2D eigenvalue weighted by molar-refractivity contribution is 0.481. The molecule has 0 aliphatic rings. The summed E-state index contributed by atoms with van der Waals surface area (Å²) in [5.74, 6) is -0.204. The average molecular weight is 243 g/mol. The van der Waals surface area contributed by atoms with Crippen molar-refractivity contribution in [1.29, 1.82) is 0 Å². The van der Waals surface area contributed by atoms with Gasteiger partial charge in [-0.05, 0) is 43.5 Å². The molecule has 0 unspecified atom stereocenters. The maximum atomic E-state index is 10.5. The minimum absolute atomic E-state index is 0.204. The van der Waals surface area contributed by atoms with Crippen molar-refractivity contribution >= 4 is 15.8 Å². The Morgan fingerprint density at radius 3 is 2.25 bits per heavy atom. The largest absolute Gasteiger partial charge is 0.385 e. The van der Waals surface area contributed by atoms with Gasteiger partial charge in [0.2, 0.25) is 0 Å². The summed E-state index contributed by atoms with van der Waals surface area (Å²) in [6, 6.07) is 6.07. The fourth-order valence-electron chi connectivity index (χ4n) is 1.56. The second-order valence-electron chi connectivity index (χ2n) is 3.94. The third kappa shape index (κ3) is 5.14. The van der Waals surface area contributed by atoms with Crippen molar-refractivity contribution in [2.75, 3.05) is 17.6 Å². The van der Waals surface area contributed by atoms with Crippen molar-refractivity contribution < 1.29 is 13.0 Å². The van der Waals surface area contributed by atoms with Crippen LogP contribution >= 0.6 is 0 Å². The molecule has 1 rings (SSSR count). The SMILES string of the molecule is Cc1cc(C)cc(NCCCS(=O)(=O)O)c1. The van der Waals surface area contributed by atoms with Crippen LogP contribution in [0.5, 0.6) is 0 Å². The van der Waals surface area contributed by atoms with Crippen LogP contribution in [-0.4, -0.2) is 25.3 Å². The van der Waals surface area contributed by atoms with Gasteiger partial charge in [-0.1, -0.05) is 6.07 Å². The zero-order chi connectivity index (χ0) is 12.2. The van der Waals surface area contributed by atoms with E-state index in [1.54, 1.807) is 0 Å². The van der Waals surface area contributed by atoms with Crippen molar-refractivity contribution in [3.63, 3.8) is 0 Å². The standard InChI is InChI=1S/C11H17NO3S/c1-9-6-10(2)8-11(7-9)12-4-3-5-16(13,14)15/h6-8,12H,3-5H2,1-2H3,(H,13,14,15). The van der Waals surface area contributed by atoms with Gasteiger partial charge in [0, 0.05) is 12.2 Å². The van der Waals surface area contributed by atoms with Gasteiger partial charge in [-0.25, -0.2) is 0 Å². The molecule has 0 amide bonds. The van der Waals surface area contributed by atoms with Crippen molar-refractivity contribution in [1.82, 2.24) is 0 Å². The molecule has 0 fully saturated rings. The number of rotatable bonds is 5. The van der Waals surface area contributed by atoms with Crippen LogP contribution in [0.4, 0.5) is 5.69 Å². The number of hydrogen-bond donors (Lipinski definition) is 2. The van der Waals surface area contributed by atoms with Crippen LogP contribution in [0.3, 0.4) is 0 Å². The Morgan fingerprint density at radius 2 is 1.75 bits per heavy atom. The fourth-order valence-corrected chi connectivity index (χ4v) is 2.07. The molecule has 0 aliphatic heterocycles. The van der Waals surface area contributed by atoms with Crippen molar-refractivity contribution in [2.45, 2.75) is 20.3 Å². The first-order valence-electron chi connectivity index (χ1n) is 5.14. The van der Waals surface area contributed by atoms with Gasteiger partial charge in [-0.15, -0.1) is 0 Å². The van der Waals surface area contributed by atoms with E-state index < -0.39 is 10.1 Å². The number of benzene rings is 1. The van der Waals surface area contributed by atoms with E-state index in [1.807, 2.05) is 26.0 Å². The van der Waals surface area contributed by atoms with Crippen molar-refractivity contribution in [2.24, 2.45) is 0 Å². The first kappa shape index (κ1) is 13.0. The highest BCUT2D eigenvalue weighted by Crippen LogP contribution is 2.13. The molecule has 0 atom stereocenters. The number of anilines is 1. The monoisotopic (exact) mass is 243 g/mol. The summed E-state index contributed by atoms with van der Waals surface area (Å²) in [5, 5.41) is 3.12. The summed E-state index contributed by atoms with van der Waals surface area (Å²) in [6.07, 6.45) is 0.395. The highest BCUT2D eigenvalue weighted by atomic mass is 32.2. The molecule has 0 spiro atoms. The van der Waals surface area contributed by atoms with Gasteiger partial charge in [0.15, 0.2) is 0 Å². The van der Waals surface area contributed by atoms with Gasteiger partial charge in [-0.3, -0.25) is 4.55 Å². The zero-order valence-electron chi connectivity index (χ0n) is 9.53. The van der Waals surface area contributed by atoms with E-state index in [-0.39, 0.29) is 5.75 Å². The van der Waals surface area contributed by atoms with Gasteiger partial charge < -0.3 is 5.32 Å². The van der Waals surface area contributed by atoms with Crippen LogP contribution in [0.25, 0.3) is 0 Å². The summed E-state index contributed by atoms with van der Waals surface area (Å²) in [7, 11) is -3.83. The van der Waals surface area contributed by atoms with Crippen LogP contribution in [0.15, 0.2) is 18.2 Å². The van der Waals surface area contributed by atoms with Crippen LogP contribution < -0.4 is 5.32 Å². The lowest BCUT2D eigenvalue weighted by Gasteiger charge is -2.07. The minimum atomic E-state index is -3.83. The Bertz CT molecular complexity index is 434. The normalized spacial score (nSPS) is 11.4. The van der Waals surface area contributed by atoms with Gasteiger partial charge in [-0.2, -0.15) is 8.42 Å². The Hall–Kier alpha value is -1.07. The molecule has 0 radical (unpaired) electrons. The molecule has 1 aromatic carbocycles. The average Bonchev–Trinajstić information content (AvgIpc) is 2.09. The summed E-state index contributed by atoms with van der Waals surface area (Å²) in [5.41, 5.74) is 3.31.